The molecule has 2 aromatic rings. The quantitative estimate of drug-likeness (QED) is 0.708. The molecule has 3 rings (SSSR count). The van der Waals surface area contributed by atoms with Gasteiger partial charge in [-0.1, -0.05) is 6.07 Å². The molecular formula is C18H22N3O3S+. The number of hydrogen-bond donors (Lipinski definition) is 3. The first-order valence-corrected chi connectivity index (χ1v) is 9.25. The van der Waals surface area contributed by atoms with Crippen molar-refractivity contribution in [1.29, 1.82) is 0 Å². The lowest BCUT2D eigenvalue weighted by Crippen LogP contribution is -3.14. The normalized spacial score (nSPS) is 14.9. The maximum absolute atomic E-state index is 12.2. The molecule has 2 heterocycles. The average Bonchev–Trinajstić information content (AvgIpc) is 3.18. The topological polar surface area (TPSA) is 71.9 Å². The molecule has 25 heavy (non-hydrogen) atoms. The van der Waals surface area contributed by atoms with Crippen molar-refractivity contribution in [3.8, 4) is 0 Å². The second kappa shape index (κ2) is 8.75. The number of nitrogens with one attached hydrogen (secondary N) is 3. The standard InChI is InChI=1S/C18H21N3O3S/c22-17(19-7-8-21-9-11-24-12-10-21)14-3-5-15(6-4-14)20-18(23)16-2-1-13-25-16/h1-6,13H,7-12H2,(H,19,22)(H,20,23)/p+1. The molecule has 132 valence electrons. The highest BCUT2D eigenvalue weighted by Crippen LogP contribution is 2.14. The third-order valence-electron chi connectivity index (χ3n) is 4.11. The van der Waals surface area contributed by atoms with Gasteiger partial charge < -0.3 is 20.3 Å². The van der Waals surface area contributed by atoms with Crippen LogP contribution in [0.4, 0.5) is 5.69 Å². The smallest absolute Gasteiger partial charge is 0.265 e. The van der Waals surface area contributed by atoms with Crippen LogP contribution in [0.3, 0.4) is 0 Å². The number of carbonyl (C=O) groups is 2. The first-order valence-electron chi connectivity index (χ1n) is 8.37. The number of rotatable bonds is 6. The molecule has 6 nitrogen and oxygen atoms in total. The lowest BCUT2D eigenvalue weighted by molar-refractivity contribution is -0.906. The van der Waals surface area contributed by atoms with E-state index in [2.05, 4.69) is 10.6 Å². The zero-order chi connectivity index (χ0) is 17.5. The Morgan fingerprint density at radius 1 is 1.08 bits per heavy atom. The van der Waals surface area contributed by atoms with Crippen molar-refractivity contribution in [2.24, 2.45) is 0 Å². The van der Waals surface area contributed by atoms with E-state index in [-0.39, 0.29) is 11.8 Å². The molecule has 0 bridgehead atoms. The number of morpholine rings is 1. The molecule has 0 spiro atoms. The second-order valence-corrected chi connectivity index (χ2v) is 6.82. The molecule has 0 atom stereocenters. The van der Waals surface area contributed by atoms with E-state index in [4.69, 9.17) is 4.74 Å². The predicted molar refractivity (Wildman–Crippen MR) is 97.4 cm³/mol. The number of anilines is 1. The molecule has 0 unspecified atom stereocenters. The Morgan fingerprint density at radius 3 is 2.52 bits per heavy atom. The molecule has 1 aliphatic heterocycles. The Balaban J connectivity index is 1.46. The van der Waals surface area contributed by atoms with Crippen molar-refractivity contribution in [3.63, 3.8) is 0 Å². The van der Waals surface area contributed by atoms with E-state index >= 15 is 0 Å². The number of ether oxygens (including phenoxy) is 1. The summed E-state index contributed by atoms with van der Waals surface area (Å²) in [5, 5.41) is 7.63. The fourth-order valence-corrected chi connectivity index (χ4v) is 3.29. The number of thiophene rings is 1. The van der Waals surface area contributed by atoms with Gasteiger partial charge in [0.05, 0.1) is 31.2 Å². The molecule has 0 aliphatic carbocycles. The van der Waals surface area contributed by atoms with Crippen molar-refractivity contribution >= 4 is 28.8 Å². The van der Waals surface area contributed by atoms with Crippen LogP contribution in [0.15, 0.2) is 41.8 Å². The SMILES string of the molecule is O=C(NCC[NH+]1CCOCC1)c1ccc(NC(=O)c2cccs2)cc1. The van der Waals surface area contributed by atoms with Crippen LogP contribution in [0.1, 0.15) is 20.0 Å². The van der Waals surface area contributed by atoms with E-state index in [9.17, 15) is 9.59 Å². The molecule has 2 amide bonds. The van der Waals surface area contributed by atoms with Crippen LogP contribution in [0.25, 0.3) is 0 Å². The number of benzene rings is 1. The van der Waals surface area contributed by atoms with Gasteiger partial charge in [-0.15, -0.1) is 11.3 Å². The van der Waals surface area contributed by atoms with Gasteiger partial charge in [-0.3, -0.25) is 9.59 Å². The fraction of sp³-hybridized carbons (Fsp3) is 0.333. The summed E-state index contributed by atoms with van der Waals surface area (Å²) in [4.78, 5) is 26.3. The van der Waals surface area contributed by atoms with Crippen molar-refractivity contribution < 1.29 is 19.2 Å². The number of carbonyl (C=O) groups excluding carboxylic acids is 2. The predicted octanol–water partition coefficient (Wildman–Crippen LogP) is 0.645. The van der Waals surface area contributed by atoms with Crippen molar-refractivity contribution in [2.75, 3.05) is 44.7 Å². The van der Waals surface area contributed by atoms with Crippen LogP contribution in [-0.4, -0.2) is 51.2 Å². The molecule has 0 radical (unpaired) electrons. The van der Waals surface area contributed by atoms with E-state index in [1.165, 1.54) is 16.2 Å². The van der Waals surface area contributed by atoms with E-state index in [1.54, 1.807) is 30.3 Å². The Labute approximate surface area is 150 Å². The summed E-state index contributed by atoms with van der Waals surface area (Å²) in [7, 11) is 0. The van der Waals surface area contributed by atoms with Gasteiger partial charge >= 0.3 is 0 Å². The highest BCUT2D eigenvalue weighted by Gasteiger charge is 2.14. The van der Waals surface area contributed by atoms with Gasteiger partial charge in [0.15, 0.2) is 0 Å². The lowest BCUT2D eigenvalue weighted by atomic mass is 10.2. The Morgan fingerprint density at radius 2 is 1.84 bits per heavy atom. The lowest BCUT2D eigenvalue weighted by Gasteiger charge is -2.23. The molecule has 3 N–H and O–H groups in total. The zero-order valence-electron chi connectivity index (χ0n) is 13.9. The van der Waals surface area contributed by atoms with Gasteiger partial charge in [-0.05, 0) is 35.7 Å². The molecule has 1 saturated heterocycles. The van der Waals surface area contributed by atoms with E-state index < -0.39 is 0 Å². The third kappa shape index (κ3) is 5.12. The van der Waals surface area contributed by atoms with Gasteiger partial charge in [0.2, 0.25) is 0 Å². The van der Waals surface area contributed by atoms with Crippen molar-refractivity contribution in [3.05, 3.63) is 52.2 Å². The molecule has 1 fully saturated rings. The molecular weight excluding hydrogens is 338 g/mol. The molecule has 7 heteroatoms. The van der Waals surface area contributed by atoms with Gasteiger partial charge in [0.25, 0.3) is 11.8 Å². The molecule has 1 aromatic heterocycles. The minimum absolute atomic E-state index is 0.0937. The summed E-state index contributed by atoms with van der Waals surface area (Å²) in [6.07, 6.45) is 0. The van der Waals surface area contributed by atoms with Crippen LogP contribution in [0.5, 0.6) is 0 Å². The van der Waals surface area contributed by atoms with Crippen LogP contribution in [-0.2, 0) is 4.74 Å². The fourth-order valence-electron chi connectivity index (χ4n) is 2.67. The highest BCUT2D eigenvalue weighted by molar-refractivity contribution is 7.12. The molecule has 1 aliphatic rings. The summed E-state index contributed by atoms with van der Waals surface area (Å²) >= 11 is 1.39. The van der Waals surface area contributed by atoms with Crippen LogP contribution < -0.4 is 15.5 Å². The maximum Gasteiger partial charge on any atom is 0.265 e. The minimum Gasteiger partial charge on any atom is -0.370 e. The highest BCUT2D eigenvalue weighted by atomic mass is 32.1. The summed E-state index contributed by atoms with van der Waals surface area (Å²) in [5.41, 5.74) is 1.26. The zero-order valence-corrected chi connectivity index (χ0v) is 14.7. The number of quaternary nitrogens is 1. The minimum atomic E-state index is -0.138. The second-order valence-electron chi connectivity index (χ2n) is 5.88. The van der Waals surface area contributed by atoms with Crippen LogP contribution in [0.2, 0.25) is 0 Å². The largest absolute Gasteiger partial charge is 0.370 e. The molecule has 1 aromatic carbocycles. The van der Waals surface area contributed by atoms with Gasteiger partial charge in [-0.25, -0.2) is 0 Å². The monoisotopic (exact) mass is 360 g/mol. The van der Waals surface area contributed by atoms with Gasteiger partial charge in [0, 0.05) is 11.3 Å². The average molecular weight is 360 g/mol. The van der Waals surface area contributed by atoms with Gasteiger partial charge in [-0.2, -0.15) is 0 Å². The maximum atomic E-state index is 12.2. The van der Waals surface area contributed by atoms with E-state index in [0.29, 0.717) is 22.7 Å². The van der Waals surface area contributed by atoms with Crippen molar-refractivity contribution in [1.82, 2.24) is 5.32 Å². The number of amides is 2. The summed E-state index contributed by atoms with van der Waals surface area (Å²) in [6.45, 7) is 5.13. The van der Waals surface area contributed by atoms with E-state index in [1.807, 2.05) is 11.4 Å². The first kappa shape index (κ1) is 17.6. The summed E-state index contributed by atoms with van der Waals surface area (Å²) in [6, 6.07) is 10.5. The third-order valence-corrected chi connectivity index (χ3v) is 4.98. The van der Waals surface area contributed by atoms with Gasteiger partial charge in [0.1, 0.15) is 13.1 Å². The summed E-state index contributed by atoms with van der Waals surface area (Å²) < 4.78 is 5.32. The first-order chi connectivity index (χ1) is 12.2. The molecule has 0 saturated carbocycles. The van der Waals surface area contributed by atoms with Crippen LogP contribution >= 0.6 is 11.3 Å². The Hall–Kier alpha value is -2.22. The van der Waals surface area contributed by atoms with Crippen LogP contribution in [0, 0.1) is 0 Å². The van der Waals surface area contributed by atoms with Crippen molar-refractivity contribution in [2.45, 2.75) is 0 Å². The van der Waals surface area contributed by atoms with E-state index in [0.717, 1.165) is 32.8 Å². The Bertz CT molecular complexity index is 695. The summed E-state index contributed by atoms with van der Waals surface area (Å²) in [5.74, 6) is -0.232. The Kier molecular flexibility index (Phi) is 6.16. The number of hydrogen-bond acceptors (Lipinski definition) is 4.